The molecule has 4 fully saturated rings. The number of carbonyl (C=O) groups is 4. The van der Waals surface area contributed by atoms with E-state index in [1.807, 2.05) is 13.8 Å². The van der Waals surface area contributed by atoms with Crippen LogP contribution in [0.3, 0.4) is 0 Å². The van der Waals surface area contributed by atoms with Crippen LogP contribution in [0.2, 0.25) is 0 Å². The van der Waals surface area contributed by atoms with Gasteiger partial charge in [-0.1, -0.05) is 19.4 Å². The Morgan fingerprint density at radius 1 is 1.10 bits per heavy atom. The van der Waals surface area contributed by atoms with E-state index in [1.54, 1.807) is 26.8 Å². The van der Waals surface area contributed by atoms with E-state index in [0.717, 1.165) is 0 Å². The smallest absolute Gasteiger partial charge is 0.342 e. The predicted molar refractivity (Wildman–Crippen MR) is 132 cm³/mol. The first-order valence-corrected chi connectivity index (χ1v) is 13.6. The van der Waals surface area contributed by atoms with Crippen LogP contribution in [0, 0.1) is 11.3 Å². The van der Waals surface area contributed by atoms with Crippen LogP contribution in [-0.2, 0) is 47.6 Å². The molecule has 216 valence electrons. The lowest BCUT2D eigenvalue weighted by molar-refractivity contribution is -0.225. The second-order valence-electron chi connectivity index (χ2n) is 12.2. The Hall–Kier alpha value is -2.50. The molecule has 11 heteroatoms. The van der Waals surface area contributed by atoms with Crippen molar-refractivity contribution in [1.82, 2.24) is 0 Å². The summed E-state index contributed by atoms with van der Waals surface area (Å²) in [5.74, 6) is -3.13. The standard InChI is InChI=1S/C28H38O11/c1-8-9-20(31)37-23-16(34-14(3)29)10-13(2)11-19-28(27(7,39-28)24(33)36-19)22(32)21-25(23,5)17(35-15(4)30)12-18-26(21,6)38-18/h11,16-19,21-23,32H,8-10,12H2,1-7H3/b13-11-/t16-,17+,18+,19+,21-,22-,23+,25+,26+,27+,28+/m1/s1. The van der Waals surface area contributed by atoms with Gasteiger partial charge in [0.05, 0.1) is 23.2 Å². The molecular formula is C28H38O11. The van der Waals surface area contributed by atoms with E-state index in [0.29, 0.717) is 12.0 Å². The topological polar surface area (TPSA) is 150 Å². The maximum absolute atomic E-state index is 13.1. The van der Waals surface area contributed by atoms with Crippen molar-refractivity contribution in [2.75, 3.05) is 0 Å². The van der Waals surface area contributed by atoms with Crippen LogP contribution in [0.1, 0.15) is 74.1 Å². The van der Waals surface area contributed by atoms with Gasteiger partial charge >= 0.3 is 23.9 Å². The maximum Gasteiger partial charge on any atom is 0.342 e. The van der Waals surface area contributed by atoms with Crippen molar-refractivity contribution in [3.8, 4) is 0 Å². The number of carbonyl (C=O) groups excluding carboxylic acids is 4. The zero-order valence-electron chi connectivity index (χ0n) is 23.5. The number of epoxide rings is 2. The summed E-state index contributed by atoms with van der Waals surface area (Å²) in [7, 11) is 0. The minimum Gasteiger partial charge on any atom is -0.462 e. The molecule has 1 saturated carbocycles. The molecule has 5 rings (SSSR count). The van der Waals surface area contributed by atoms with Gasteiger partial charge in [0.1, 0.15) is 18.3 Å². The molecule has 0 bridgehead atoms. The van der Waals surface area contributed by atoms with Crippen molar-refractivity contribution >= 4 is 23.9 Å². The summed E-state index contributed by atoms with van der Waals surface area (Å²) in [6, 6.07) is 0. The van der Waals surface area contributed by atoms with Crippen LogP contribution in [-0.4, -0.2) is 82.4 Å². The molecule has 0 radical (unpaired) electrons. The molecule has 3 aliphatic heterocycles. The highest BCUT2D eigenvalue weighted by atomic mass is 16.7. The first kappa shape index (κ1) is 28.0. The van der Waals surface area contributed by atoms with Gasteiger partial charge in [-0.05, 0) is 33.3 Å². The highest BCUT2D eigenvalue weighted by Crippen LogP contribution is 2.69. The van der Waals surface area contributed by atoms with Crippen molar-refractivity contribution < 1.29 is 52.7 Å². The van der Waals surface area contributed by atoms with Gasteiger partial charge in [0.15, 0.2) is 17.3 Å². The number of hydrogen-bond donors (Lipinski definition) is 1. The lowest BCUT2D eigenvalue weighted by atomic mass is 9.53. The molecule has 5 aliphatic rings. The first-order valence-electron chi connectivity index (χ1n) is 13.6. The third kappa shape index (κ3) is 3.94. The molecule has 0 amide bonds. The molecule has 0 aromatic heterocycles. The average molecular weight is 551 g/mol. The number of rotatable bonds is 5. The first-order chi connectivity index (χ1) is 18.1. The number of esters is 4. The lowest BCUT2D eigenvalue weighted by Crippen LogP contribution is -2.67. The Kier molecular flexibility index (Phi) is 6.48. The van der Waals surface area contributed by atoms with Crippen molar-refractivity contribution in [2.45, 2.75) is 128 Å². The zero-order chi connectivity index (χ0) is 28.7. The Morgan fingerprint density at radius 3 is 2.36 bits per heavy atom. The minimum atomic E-state index is -1.43. The van der Waals surface area contributed by atoms with E-state index < -0.39 is 82.5 Å². The summed E-state index contributed by atoms with van der Waals surface area (Å²) in [6.07, 6.45) is -2.90. The zero-order valence-corrected chi connectivity index (χ0v) is 23.5. The third-order valence-corrected chi connectivity index (χ3v) is 9.51. The maximum atomic E-state index is 13.1. The van der Waals surface area contributed by atoms with E-state index in [4.69, 9.17) is 28.4 Å². The van der Waals surface area contributed by atoms with Crippen LogP contribution in [0.5, 0.6) is 0 Å². The quantitative estimate of drug-likeness (QED) is 0.231. The van der Waals surface area contributed by atoms with Crippen molar-refractivity contribution in [3.05, 3.63) is 11.6 Å². The molecule has 11 nitrogen and oxygen atoms in total. The summed E-state index contributed by atoms with van der Waals surface area (Å²) >= 11 is 0. The van der Waals surface area contributed by atoms with E-state index in [-0.39, 0.29) is 25.4 Å². The van der Waals surface area contributed by atoms with Gasteiger partial charge in [-0.25, -0.2) is 4.79 Å². The van der Waals surface area contributed by atoms with Crippen molar-refractivity contribution in [2.24, 2.45) is 11.3 Å². The normalized spacial score (nSPS) is 49.0. The van der Waals surface area contributed by atoms with Gasteiger partial charge in [-0.2, -0.15) is 0 Å². The molecule has 3 heterocycles. The summed E-state index contributed by atoms with van der Waals surface area (Å²) in [6.45, 7) is 11.4. The Labute approximate surface area is 227 Å². The summed E-state index contributed by atoms with van der Waals surface area (Å²) < 4.78 is 35.7. The fourth-order valence-corrected chi connectivity index (χ4v) is 7.63. The highest BCUT2D eigenvalue weighted by molar-refractivity contribution is 5.89. The molecule has 1 N–H and O–H groups in total. The fourth-order valence-electron chi connectivity index (χ4n) is 7.63. The van der Waals surface area contributed by atoms with Crippen molar-refractivity contribution in [3.63, 3.8) is 0 Å². The number of aliphatic hydroxyl groups is 1. The van der Waals surface area contributed by atoms with Crippen LogP contribution >= 0.6 is 0 Å². The van der Waals surface area contributed by atoms with Gasteiger partial charge < -0.3 is 33.5 Å². The van der Waals surface area contributed by atoms with Crippen LogP contribution in [0.25, 0.3) is 0 Å². The Balaban J connectivity index is 1.74. The molecule has 2 aliphatic carbocycles. The summed E-state index contributed by atoms with van der Waals surface area (Å²) in [5.41, 5.74) is -4.41. The number of hydrogen-bond acceptors (Lipinski definition) is 11. The average Bonchev–Trinajstić information content (AvgIpc) is 3.65. The molecular weight excluding hydrogens is 512 g/mol. The molecule has 0 aromatic carbocycles. The van der Waals surface area contributed by atoms with E-state index in [2.05, 4.69) is 0 Å². The molecule has 3 saturated heterocycles. The van der Waals surface area contributed by atoms with E-state index in [1.165, 1.54) is 13.8 Å². The largest absolute Gasteiger partial charge is 0.462 e. The molecule has 0 unspecified atom stereocenters. The minimum absolute atomic E-state index is 0.117. The van der Waals surface area contributed by atoms with E-state index in [9.17, 15) is 24.3 Å². The number of fused-ring (bicyclic) bond motifs is 3. The second-order valence-corrected chi connectivity index (χ2v) is 12.2. The number of ether oxygens (including phenoxy) is 6. The van der Waals surface area contributed by atoms with Gasteiger partial charge in [0.2, 0.25) is 0 Å². The summed E-state index contributed by atoms with van der Waals surface area (Å²) in [4.78, 5) is 50.7. The molecule has 11 atom stereocenters. The Bertz CT molecular complexity index is 1130. The van der Waals surface area contributed by atoms with Crippen molar-refractivity contribution in [1.29, 1.82) is 0 Å². The van der Waals surface area contributed by atoms with Crippen LogP contribution in [0.4, 0.5) is 0 Å². The van der Waals surface area contributed by atoms with Crippen LogP contribution in [0.15, 0.2) is 11.6 Å². The SMILES string of the molecule is CCCC(=O)O[C@H]1[C@H](OC(C)=O)C/C(C)=C\[C@@H]2OC(=O)[C@]3(C)O[C@]23[C@H](O)[C@H]2[C@@]3(C)O[C@H]3C[C@H](OC(C)=O)[C@]12C. The predicted octanol–water partition coefficient (Wildman–Crippen LogP) is 1.91. The fraction of sp³-hybridized carbons (Fsp3) is 0.786. The van der Waals surface area contributed by atoms with Gasteiger partial charge in [0, 0.05) is 39.0 Å². The number of aliphatic hydroxyl groups excluding tert-OH is 1. The summed E-state index contributed by atoms with van der Waals surface area (Å²) in [5, 5.41) is 12.3. The van der Waals surface area contributed by atoms with Gasteiger partial charge in [0.25, 0.3) is 0 Å². The van der Waals surface area contributed by atoms with E-state index >= 15 is 0 Å². The highest BCUT2D eigenvalue weighted by Gasteiger charge is 2.88. The van der Waals surface area contributed by atoms with Gasteiger partial charge in [-0.3, -0.25) is 14.4 Å². The van der Waals surface area contributed by atoms with Gasteiger partial charge in [-0.15, -0.1) is 0 Å². The molecule has 1 spiro atoms. The third-order valence-electron chi connectivity index (χ3n) is 9.51. The van der Waals surface area contributed by atoms with Crippen LogP contribution < -0.4 is 0 Å². The Morgan fingerprint density at radius 2 is 1.77 bits per heavy atom. The second kappa shape index (κ2) is 9.01. The molecule has 0 aromatic rings. The molecule has 39 heavy (non-hydrogen) atoms. The monoisotopic (exact) mass is 550 g/mol. The lowest BCUT2D eigenvalue weighted by Gasteiger charge is -2.54.